The van der Waals surface area contributed by atoms with Crippen LogP contribution in [0.25, 0.3) is 0 Å². The quantitative estimate of drug-likeness (QED) is 0.737. The molecule has 1 rings (SSSR count). The van der Waals surface area contributed by atoms with Gasteiger partial charge in [0.15, 0.2) is 0 Å². The maximum atomic E-state index is 3.56. The highest BCUT2D eigenvalue weighted by Gasteiger charge is 2.34. The van der Waals surface area contributed by atoms with E-state index in [0.717, 1.165) is 23.8 Å². The molecule has 0 heterocycles. The number of rotatable bonds is 5. The zero-order valence-corrected chi connectivity index (χ0v) is 13.6. The number of hydrogen-bond acceptors (Lipinski definition) is 1. The van der Waals surface area contributed by atoms with Gasteiger partial charge < -0.3 is 5.32 Å². The van der Waals surface area contributed by atoms with Gasteiger partial charge in [0.1, 0.15) is 0 Å². The fourth-order valence-electron chi connectivity index (χ4n) is 3.54. The van der Waals surface area contributed by atoms with Gasteiger partial charge in [0.25, 0.3) is 0 Å². The normalized spacial score (nSPS) is 29.8. The molecule has 0 aromatic rings. The third kappa shape index (κ3) is 4.91. The van der Waals surface area contributed by atoms with Gasteiger partial charge in [-0.15, -0.1) is 0 Å². The van der Waals surface area contributed by atoms with Gasteiger partial charge in [-0.25, -0.2) is 0 Å². The van der Waals surface area contributed by atoms with Crippen LogP contribution in [0.1, 0.15) is 73.1 Å². The SMILES string of the molecule is CNC1CCC(C(C)(C)C)CC1CCCC(C)C. The van der Waals surface area contributed by atoms with Crippen molar-refractivity contribution in [2.75, 3.05) is 7.05 Å². The first kappa shape index (κ1) is 16.0. The van der Waals surface area contributed by atoms with Crippen LogP contribution in [-0.2, 0) is 0 Å². The Morgan fingerprint density at radius 2 is 1.83 bits per heavy atom. The maximum Gasteiger partial charge on any atom is 0.00925 e. The van der Waals surface area contributed by atoms with Crippen LogP contribution in [0.15, 0.2) is 0 Å². The average Bonchev–Trinajstić information content (AvgIpc) is 2.27. The highest BCUT2D eigenvalue weighted by Crippen LogP contribution is 2.41. The summed E-state index contributed by atoms with van der Waals surface area (Å²) in [6.07, 6.45) is 8.47. The standard InChI is InChI=1S/C17H35N/c1-13(2)8-7-9-14-12-15(17(3,4)5)10-11-16(14)18-6/h13-16,18H,7-12H2,1-6H3. The smallest absolute Gasteiger partial charge is 0.00925 e. The van der Waals surface area contributed by atoms with Crippen molar-refractivity contribution in [3.8, 4) is 0 Å². The van der Waals surface area contributed by atoms with Crippen LogP contribution in [0.3, 0.4) is 0 Å². The Morgan fingerprint density at radius 3 is 2.33 bits per heavy atom. The first-order chi connectivity index (χ1) is 8.34. The Balaban J connectivity index is 2.49. The molecule has 0 aliphatic heterocycles. The van der Waals surface area contributed by atoms with Gasteiger partial charge in [-0.3, -0.25) is 0 Å². The predicted octanol–water partition coefficient (Wildman–Crippen LogP) is 4.86. The Morgan fingerprint density at radius 1 is 1.17 bits per heavy atom. The van der Waals surface area contributed by atoms with Crippen LogP contribution >= 0.6 is 0 Å². The third-order valence-electron chi connectivity index (χ3n) is 4.93. The summed E-state index contributed by atoms with van der Waals surface area (Å²) in [4.78, 5) is 0. The summed E-state index contributed by atoms with van der Waals surface area (Å²) in [6, 6.07) is 0.774. The van der Waals surface area contributed by atoms with E-state index in [0.29, 0.717) is 5.41 Å². The van der Waals surface area contributed by atoms with Crippen molar-refractivity contribution >= 4 is 0 Å². The fourth-order valence-corrected chi connectivity index (χ4v) is 3.54. The molecule has 1 N–H and O–H groups in total. The van der Waals surface area contributed by atoms with E-state index >= 15 is 0 Å². The van der Waals surface area contributed by atoms with Crippen LogP contribution in [0.2, 0.25) is 0 Å². The molecule has 0 bridgehead atoms. The summed E-state index contributed by atoms with van der Waals surface area (Å²) in [6.45, 7) is 11.9. The third-order valence-corrected chi connectivity index (χ3v) is 4.93. The second-order valence-corrected chi connectivity index (χ2v) is 7.86. The van der Waals surface area contributed by atoms with Gasteiger partial charge in [-0.05, 0) is 55.9 Å². The van der Waals surface area contributed by atoms with Crippen molar-refractivity contribution in [2.45, 2.75) is 79.2 Å². The van der Waals surface area contributed by atoms with Gasteiger partial charge in [-0.2, -0.15) is 0 Å². The molecule has 1 heteroatoms. The van der Waals surface area contributed by atoms with Gasteiger partial charge in [0, 0.05) is 6.04 Å². The van der Waals surface area contributed by atoms with Crippen molar-refractivity contribution in [2.24, 2.45) is 23.2 Å². The van der Waals surface area contributed by atoms with Gasteiger partial charge in [0.2, 0.25) is 0 Å². The van der Waals surface area contributed by atoms with Crippen LogP contribution < -0.4 is 5.32 Å². The molecular weight excluding hydrogens is 218 g/mol. The molecule has 1 nitrogen and oxygen atoms in total. The summed E-state index contributed by atoms with van der Waals surface area (Å²) in [7, 11) is 2.15. The Hall–Kier alpha value is -0.0400. The van der Waals surface area contributed by atoms with E-state index in [1.165, 1.54) is 38.5 Å². The predicted molar refractivity (Wildman–Crippen MR) is 81.8 cm³/mol. The molecule has 1 aliphatic rings. The van der Waals surface area contributed by atoms with Gasteiger partial charge in [0.05, 0.1) is 0 Å². The molecule has 0 aromatic carbocycles. The van der Waals surface area contributed by atoms with Crippen molar-refractivity contribution < 1.29 is 0 Å². The molecule has 1 fully saturated rings. The van der Waals surface area contributed by atoms with E-state index in [9.17, 15) is 0 Å². The Bertz CT molecular complexity index is 226. The molecule has 3 atom stereocenters. The van der Waals surface area contributed by atoms with E-state index in [4.69, 9.17) is 0 Å². The lowest BCUT2D eigenvalue weighted by atomic mass is 9.66. The first-order valence-electron chi connectivity index (χ1n) is 8.01. The zero-order chi connectivity index (χ0) is 13.8. The second kappa shape index (κ2) is 6.93. The number of nitrogens with one attached hydrogen (secondary N) is 1. The Labute approximate surface area is 115 Å². The molecule has 0 spiro atoms. The number of hydrogen-bond donors (Lipinski definition) is 1. The summed E-state index contributed by atoms with van der Waals surface area (Å²) in [5.74, 6) is 2.69. The van der Waals surface area contributed by atoms with E-state index in [-0.39, 0.29) is 0 Å². The molecule has 0 amide bonds. The molecule has 0 saturated heterocycles. The molecule has 0 radical (unpaired) electrons. The van der Waals surface area contributed by atoms with Crippen LogP contribution in [0, 0.1) is 23.2 Å². The van der Waals surface area contributed by atoms with E-state index in [2.05, 4.69) is 47.0 Å². The molecule has 1 saturated carbocycles. The van der Waals surface area contributed by atoms with E-state index in [1.54, 1.807) is 0 Å². The largest absolute Gasteiger partial charge is 0.317 e. The molecule has 108 valence electrons. The minimum Gasteiger partial charge on any atom is -0.317 e. The van der Waals surface area contributed by atoms with Crippen molar-refractivity contribution in [3.05, 3.63) is 0 Å². The van der Waals surface area contributed by atoms with E-state index < -0.39 is 0 Å². The first-order valence-corrected chi connectivity index (χ1v) is 8.01. The monoisotopic (exact) mass is 253 g/mol. The zero-order valence-electron chi connectivity index (χ0n) is 13.6. The topological polar surface area (TPSA) is 12.0 Å². The summed E-state index contributed by atoms with van der Waals surface area (Å²) < 4.78 is 0. The fraction of sp³-hybridized carbons (Fsp3) is 1.00. The highest BCUT2D eigenvalue weighted by molar-refractivity contribution is 4.88. The van der Waals surface area contributed by atoms with Crippen LogP contribution in [0.5, 0.6) is 0 Å². The minimum atomic E-state index is 0.495. The van der Waals surface area contributed by atoms with Crippen LogP contribution in [0.4, 0.5) is 0 Å². The van der Waals surface area contributed by atoms with Crippen molar-refractivity contribution in [1.29, 1.82) is 0 Å². The molecule has 0 aromatic heterocycles. The van der Waals surface area contributed by atoms with Gasteiger partial charge in [-0.1, -0.05) is 47.5 Å². The minimum absolute atomic E-state index is 0.495. The summed E-state index contributed by atoms with van der Waals surface area (Å²) in [5.41, 5.74) is 0.495. The molecule has 18 heavy (non-hydrogen) atoms. The van der Waals surface area contributed by atoms with Crippen molar-refractivity contribution in [1.82, 2.24) is 5.32 Å². The Kier molecular flexibility index (Phi) is 6.17. The molecule has 3 unspecified atom stereocenters. The molecule has 1 aliphatic carbocycles. The molecular formula is C17H35N. The lowest BCUT2D eigenvalue weighted by molar-refractivity contribution is 0.110. The highest BCUT2D eigenvalue weighted by atomic mass is 14.9. The van der Waals surface area contributed by atoms with Crippen LogP contribution in [-0.4, -0.2) is 13.1 Å². The van der Waals surface area contributed by atoms with Crippen molar-refractivity contribution in [3.63, 3.8) is 0 Å². The second-order valence-electron chi connectivity index (χ2n) is 7.86. The lowest BCUT2D eigenvalue weighted by Crippen LogP contribution is -2.41. The lowest BCUT2D eigenvalue weighted by Gasteiger charge is -2.42. The summed E-state index contributed by atoms with van der Waals surface area (Å²) >= 11 is 0. The van der Waals surface area contributed by atoms with Gasteiger partial charge >= 0.3 is 0 Å². The van der Waals surface area contributed by atoms with E-state index in [1.807, 2.05) is 0 Å². The maximum absolute atomic E-state index is 3.56. The average molecular weight is 253 g/mol. The summed E-state index contributed by atoms with van der Waals surface area (Å²) in [5, 5.41) is 3.56.